The molecule has 1 amide bonds. The first-order chi connectivity index (χ1) is 17.1. The molecule has 1 saturated heterocycles. The van der Waals surface area contributed by atoms with Crippen molar-refractivity contribution >= 4 is 11.6 Å². The van der Waals surface area contributed by atoms with Gasteiger partial charge in [0.2, 0.25) is 0 Å². The topological polar surface area (TPSA) is 62.8 Å². The molecule has 2 N–H and O–H groups in total. The summed E-state index contributed by atoms with van der Waals surface area (Å²) in [6.07, 6.45) is 2.28. The van der Waals surface area contributed by atoms with Gasteiger partial charge in [-0.2, -0.15) is 0 Å². The summed E-state index contributed by atoms with van der Waals surface area (Å²) in [6, 6.07) is 24.7. The van der Waals surface area contributed by atoms with Gasteiger partial charge in [0.1, 0.15) is 0 Å². The maximum Gasteiger partial charge on any atom is 0.262 e. The van der Waals surface area contributed by atoms with Crippen molar-refractivity contribution < 1.29 is 14.3 Å². The summed E-state index contributed by atoms with van der Waals surface area (Å²) >= 11 is 0. The molecular formula is C29H35N3O3. The number of methoxy groups -OCH3 is 1. The van der Waals surface area contributed by atoms with Crippen molar-refractivity contribution in [1.29, 1.82) is 0 Å². The largest absolute Gasteiger partial charge is 0.493 e. The quantitative estimate of drug-likeness (QED) is 0.444. The first kappa shape index (κ1) is 24.8. The van der Waals surface area contributed by atoms with Crippen LogP contribution in [0.5, 0.6) is 11.5 Å². The Labute approximate surface area is 208 Å². The van der Waals surface area contributed by atoms with Gasteiger partial charge in [-0.15, -0.1) is 0 Å². The first-order valence-electron chi connectivity index (χ1n) is 12.2. The molecule has 0 unspecified atom stereocenters. The highest BCUT2D eigenvalue weighted by molar-refractivity contribution is 5.91. The Hall–Kier alpha value is -3.35. The number of nitrogens with zero attached hydrogens (tertiary/aromatic N) is 1. The molecular weight excluding hydrogens is 438 g/mol. The van der Waals surface area contributed by atoms with E-state index in [1.807, 2.05) is 49.4 Å². The van der Waals surface area contributed by atoms with E-state index in [9.17, 15) is 4.79 Å². The predicted octanol–water partition coefficient (Wildman–Crippen LogP) is 4.78. The number of hydrogen-bond acceptors (Lipinski definition) is 5. The molecule has 0 aliphatic carbocycles. The maximum absolute atomic E-state index is 12.2. The highest BCUT2D eigenvalue weighted by Crippen LogP contribution is 2.28. The van der Waals surface area contributed by atoms with Crippen molar-refractivity contribution in [1.82, 2.24) is 10.2 Å². The normalized spacial score (nSPS) is 14.5. The minimum absolute atomic E-state index is 0.0800. The Morgan fingerprint density at radius 3 is 2.40 bits per heavy atom. The highest BCUT2D eigenvalue weighted by Gasteiger charge is 2.19. The van der Waals surface area contributed by atoms with Crippen LogP contribution < -0.4 is 20.1 Å². The van der Waals surface area contributed by atoms with Crippen LogP contribution in [-0.4, -0.2) is 43.7 Å². The van der Waals surface area contributed by atoms with Crippen LogP contribution in [0.25, 0.3) is 0 Å². The Kier molecular flexibility index (Phi) is 8.76. The Balaban J connectivity index is 1.21. The van der Waals surface area contributed by atoms with E-state index in [2.05, 4.69) is 45.9 Å². The van der Waals surface area contributed by atoms with Crippen molar-refractivity contribution in [3.05, 3.63) is 89.5 Å². The van der Waals surface area contributed by atoms with Crippen LogP contribution >= 0.6 is 0 Å². The summed E-state index contributed by atoms with van der Waals surface area (Å²) in [5.74, 6) is 0.981. The number of amides is 1. The third-order valence-corrected chi connectivity index (χ3v) is 6.35. The lowest BCUT2D eigenvalue weighted by atomic mass is 10.0. The molecule has 3 aromatic rings. The summed E-state index contributed by atoms with van der Waals surface area (Å²) < 4.78 is 11.3. The lowest BCUT2D eigenvalue weighted by molar-refractivity contribution is -0.118. The predicted molar refractivity (Wildman–Crippen MR) is 140 cm³/mol. The summed E-state index contributed by atoms with van der Waals surface area (Å²) in [5, 5.41) is 6.53. The number of aryl methyl sites for hydroxylation is 1. The number of anilines is 1. The fraction of sp³-hybridized carbons (Fsp3) is 0.345. The minimum Gasteiger partial charge on any atom is -0.493 e. The summed E-state index contributed by atoms with van der Waals surface area (Å²) in [7, 11) is 1.62. The molecule has 0 atom stereocenters. The summed E-state index contributed by atoms with van der Waals surface area (Å²) in [5.41, 5.74) is 4.40. The van der Waals surface area contributed by atoms with Crippen LogP contribution in [0.2, 0.25) is 0 Å². The standard InChI is InChI=1S/C29H35N3O3/c1-22-8-11-26(12-9-22)31-29(33)21-35-27-13-10-24(18-28(27)34-2)19-30-25-14-16-32(17-15-25)20-23-6-4-3-5-7-23/h3-13,18,25,30H,14-17,19-21H2,1-2H3,(H,31,33). The first-order valence-corrected chi connectivity index (χ1v) is 12.2. The van der Waals surface area contributed by atoms with E-state index in [0.717, 1.165) is 55.8 Å². The van der Waals surface area contributed by atoms with Gasteiger partial charge in [0, 0.05) is 24.8 Å². The van der Waals surface area contributed by atoms with E-state index in [1.165, 1.54) is 5.56 Å². The lowest BCUT2D eigenvalue weighted by Crippen LogP contribution is -2.41. The highest BCUT2D eigenvalue weighted by atomic mass is 16.5. The van der Waals surface area contributed by atoms with E-state index in [-0.39, 0.29) is 12.5 Å². The molecule has 0 aromatic heterocycles. The maximum atomic E-state index is 12.2. The number of benzene rings is 3. The average molecular weight is 474 g/mol. The van der Waals surface area contributed by atoms with Crippen molar-refractivity contribution in [3.8, 4) is 11.5 Å². The van der Waals surface area contributed by atoms with E-state index >= 15 is 0 Å². The summed E-state index contributed by atoms with van der Waals surface area (Å²) in [6.45, 7) is 5.93. The molecule has 0 spiro atoms. The van der Waals surface area contributed by atoms with Gasteiger partial charge in [-0.25, -0.2) is 0 Å². The zero-order valence-electron chi connectivity index (χ0n) is 20.6. The second-order valence-corrected chi connectivity index (χ2v) is 9.11. The smallest absolute Gasteiger partial charge is 0.262 e. The average Bonchev–Trinajstić information content (AvgIpc) is 2.89. The number of hydrogen-bond donors (Lipinski definition) is 2. The van der Waals surface area contributed by atoms with E-state index in [1.54, 1.807) is 7.11 Å². The fourth-order valence-electron chi connectivity index (χ4n) is 4.32. The third-order valence-electron chi connectivity index (χ3n) is 6.35. The summed E-state index contributed by atoms with van der Waals surface area (Å²) in [4.78, 5) is 14.8. The molecule has 1 aliphatic heterocycles. The van der Waals surface area contributed by atoms with Gasteiger partial charge in [0.15, 0.2) is 18.1 Å². The molecule has 1 aliphatic rings. The SMILES string of the molecule is COc1cc(CNC2CCN(Cc3ccccc3)CC2)ccc1OCC(=O)Nc1ccc(C)cc1. The van der Waals surface area contributed by atoms with Gasteiger partial charge >= 0.3 is 0 Å². The van der Waals surface area contributed by atoms with Gasteiger partial charge in [-0.3, -0.25) is 9.69 Å². The molecule has 0 radical (unpaired) electrons. The molecule has 0 saturated carbocycles. The van der Waals surface area contributed by atoms with Crippen LogP contribution in [0.1, 0.15) is 29.5 Å². The number of nitrogens with one attached hydrogen (secondary N) is 2. The second-order valence-electron chi connectivity index (χ2n) is 9.11. The van der Waals surface area contributed by atoms with Gasteiger partial charge in [0.25, 0.3) is 5.91 Å². The molecule has 0 bridgehead atoms. The van der Waals surface area contributed by atoms with E-state index in [4.69, 9.17) is 9.47 Å². The molecule has 184 valence electrons. The zero-order valence-corrected chi connectivity index (χ0v) is 20.6. The van der Waals surface area contributed by atoms with E-state index in [0.29, 0.717) is 17.5 Å². The lowest BCUT2D eigenvalue weighted by Gasteiger charge is -2.32. The molecule has 1 fully saturated rings. The van der Waals surface area contributed by atoms with Crippen molar-refractivity contribution in [2.24, 2.45) is 0 Å². The van der Waals surface area contributed by atoms with E-state index < -0.39 is 0 Å². The second kappa shape index (κ2) is 12.4. The number of likely N-dealkylation sites (tertiary alicyclic amines) is 1. The number of ether oxygens (including phenoxy) is 2. The Bertz CT molecular complexity index is 1080. The number of piperidine rings is 1. The van der Waals surface area contributed by atoms with Crippen LogP contribution in [0.3, 0.4) is 0 Å². The minimum atomic E-state index is -0.208. The third kappa shape index (κ3) is 7.57. The molecule has 6 nitrogen and oxygen atoms in total. The molecule has 4 rings (SSSR count). The van der Waals surface area contributed by atoms with Crippen LogP contribution in [0, 0.1) is 6.92 Å². The van der Waals surface area contributed by atoms with Crippen LogP contribution in [-0.2, 0) is 17.9 Å². The molecule has 3 aromatic carbocycles. The number of carbonyl (C=O) groups excluding carboxylic acids is 1. The van der Waals surface area contributed by atoms with Gasteiger partial charge in [0.05, 0.1) is 7.11 Å². The van der Waals surface area contributed by atoms with Gasteiger partial charge in [-0.1, -0.05) is 54.1 Å². The zero-order chi connectivity index (χ0) is 24.5. The van der Waals surface area contributed by atoms with Crippen molar-refractivity contribution in [2.45, 2.75) is 38.9 Å². The number of carbonyl (C=O) groups is 1. The fourth-order valence-corrected chi connectivity index (χ4v) is 4.32. The molecule has 35 heavy (non-hydrogen) atoms. The van der Waals surface area contributed by atoms with Gasteiger partial charge in [-0.05, 0) is 68.2 Å². The molecule has 6 heteroatoms. The molecule has 1 heterocycles. The Morgan fingerprint density at radius 1 is 0.943 bits per heavy atom. The van der Waals surface area contributed by atoms with Crippen LogP contribution in [0.4, 0.5) is 5.69 Å². The van der Waals surface area contributed by atoms with Crippen molar-refractivity contribution in [2.75, 3.05) is 32.1 Å². The monoisotopic (exact) mass is 473 g/mol. The number of rotatable bonds is 10. The van der Waals surface area contributed by atoms with Crippen LogP contribution in [0.15, 0.2) is 72.8 Å². The van der Waals surface area contributed by atoms with Gasteiger partial charge < -0.3 is 20.1 Å². The van der Waals surface area contributed by atoms with Crippen molar-refractivity contribution in [3.63, 3.8) is 0 Å². The Morgan fingerprint density at radius 2 is 1.69 bits per heavy atom.